The molecule has 3 rings (SSSR count). The molecule has 0 unspecified atom stereocenters. The number of rotatable bonds is 0. The van der Waals surface area contributed by atoms with E-state index in [1.807, 2.05) is 22.7 Å². The third-order valence-electron chi connectivity index (χ3n) is 3.14. The Morgan fingerprint density at radius 2 is 1.06 bits per heavy atom. The van der Waals surface area contributed by atoms with Crippen LogP contribution < -0.4 is 9.06 Å². The molecule has 0 radical (unpaired) electrons. The van der Waals surface area contributed by atoms with Crippen LogP contribution in [0.5, 0.6) is 0 Å². The van der Waals surface area contributed by atoms with Crippen LogP contribution in [0, 0.1) is 0 Å². The lowest BCUT2D eigenvalue weighted by Crippen LogP contribution is -1.91. The SMILES string of the molecule is CC(C)=c1cc2cc3sc(=C(C)C)cc3cc2s1. The van der Waals surface area contributed by atoms with Crippen molar-refractivity contribution in [3.05, 3.63) is 33.3 Å². The van der Waals surface area contributed by atoms with Crippen molar-refractivity contribution in [2.45, 2.75) is 27.7 Å². The van der Waals surface area contributed by atoms with Crippen LogP contribution in [-0.2, 0) is 0 Å². The molecule has 3 aromatic rings. The van der Waals surface area contributed by atoms with E-state index in [1.165, 1.54) is 40.4 Å². The summed E-state index contributed by atoms with van der Waals surface area (Å²) >= 11 is 3.80. The van der Waals surface area contributed by atoms with Crippen molar-refractivity contribution in [3.63, 3.8) is 0 Å². The standard InChI is InChI=1S/C16H16S2/c1-9(2)13-5-11-7-16-12(8-15(11)17-13)6-14(18-16)10(3)4/h5-8H,1-4H3. The highest BCUT2D eigenvalue weighted by molar-refractivity contribution is 7.18. The summed E-state index contributed by atoms with van der Waals surface area (Å²) in [6, 6.07) is 9.31. The van der Waals surface area contributed by atoms with E-state index in [4.69, 9.17) is 0 Å². The fourth-order valence-corrected chi connectivity index (χ4v) is 4.16. The lowest BCUT2D eigenvalue weighted by atomic mass is 10.2. The summed E-state index contributed by atoms with van der Waals surface area (Å²) in [5.74, 6) is 0. The van der Waals surface area contributed by atoms with E-state index in [9.17, 15) is 0 Å². The average molecular weight is 272 g/mol. The molecule has 0 amide bonds. The van der Waals surface area contributed by atoms with Gasteiger partial charge >= 0.3 is 0 Å². The van der Waals surface area contributed by atoms with Gasteiger partial charge in [-0.3, -0.25) is 0 Å². The van der Waals surface area contributed by atoms with Gasteiger partial charge in [0.05, 0.1) is 0 Å². The van der Waals surface area contributed by atoms with Gasteiger partial charge in [0.15, 0.2) is 0 Å². The molecule has 92 valence electrons. The smallest absolute Gasteiger partial charge is 0.0356 e. The lowest BCUT2D eigenvalue weighted by Gasteiger charge is -1.89. The summed E-state index contributed by atoms with van der Waals surface area (Å²) in [5, 5.41) is 2.76. The fraction of sp³-hybridized carbons (Fsp3) is 0.250. The van der Waals surface area contributed by atoms with E-state index >= 15 is 0 Å². The van der Waals surface area contributed by atoms with Crippen LogP contribution in [0.15, 0.2) is 24.3 Å². The van der Waals surface area contributed by atoms with Crippen LogP contribution in [-0.4, -0.2) is 0 Å². The summed E-state index contributed by atoms with van der Waals surface area (Å²) in [6.07, 6.45) is 0. The second-order valence-electron chi connectivity index (χ2n) is 5.15. The van der Waals surface area contributed by atoms with Gasteiger partial charge in [0.25, 0.3) is 0 Å². The summed E-state index contributed by atoms with van der Waals surface area (Å²) in [6.45, 7) is 8.72. The van der Waals surface area contributed by atoms with Gasteiger partial charge in [0.2, 0.25) is 0 Å². The van der Waals surface area contributed by atoms with Crippen LogP contribution in [0.4, 0.5) is 0 Å². The summed E-state index contributed by atoms with van der Waals surface area (Å²) in [4.78, 5) is 0. The maximum atomic E-state index is 2.34. The molecule has 1 aromatic carbocycles. The molecule has 0 spiro atoms. The van der Waals surface area contributed by atoms with Gasteiger partial charge in [-0.25, -0.2) is 0 Å². The van der Waals surface area contributed by atoms with E-state index in [1.54, 1.807) is 0 Å². The molecule has 2 heteroatoms. The number of thiophene rings is 2. The van der Waals surface area contributed by atoms with E-state index < -0.39 is 0 Å². The molecule has 2 aromatic heterocycles. The quantitative estimate of drug-likeness (QED) is 0.565. The molecule has 0 aliphatic rings. The molecular weight excluding hydrogens is 256 g/mol. The first kappa shape index (κ1) is 11.9. The predicted molar refractivity (Wildman–Crippen MR) is 86.0 cm³/mol. The fourth-order valence-electron chi connectivity index (χ4n) is 2.06. The van der Waals surface area contributed by atoms with Crippen LogP contribution in [0.25, 0.3) is 31.3 Å². The Morgan fingerprint density at radius 3 is 1.39 bits per heavy atom. The number of fused-ring (bicyclic) bond motifs is 2. The van der Waals surface area contributed by atoms with E-state index in [0.717, 1.165) is 0 Å². The molecule has 0 fully saturated rings. The molecule has 2 heterocycles. The monoisotopic (exact) mass is 272 g/mol. The highest BCUT2D eigenvalue weighted by Crippen LogP contribution is 2.26. The van der Waals surface area contributed by atoms with Gasteiger partial charge in [-0.15, -0.1) is 22.7 Å². The van der Waals surface area contributed by atoms with Crippen LogP contribution >= 0.6 is 22.7 Å². The maximum Gasteiger partial charge on any atom is 0.0356 e. The molecule has 0 bridgehead atoms. The summed E-state index contributed by atoms with van der Waals surface area (Å²) in [7, 11) is 0. The zero-order chi connectivity index (χ0) is 12.9. The first-order valence-electron chi connectivity index (χ1n) is 6.13. The Bertz CT molecular complexity index is 725. The van der Waals surface area contributed by atoms with Crippen LogP contribution in [0.3, 0.4) is 0 Å². The minimum atomic E-state index is 1.38. The van der Waals surface area contributed by atoms with Crippen molar-refractivity contribution >= 4 is 54.0 Å². The van der Waals surface area contributed by atoms with E-state index in [0.29, 0.717) is 0 Å². The van der Waals surface area contributed by atoms with Crippen molar-refractivity contribution in [3.8, 4) is 0 Å². The molecular formula is C16H16S2. The van der Waals surface area contributed by atoms with E-state index in [-0.39, 0.29) is 0 Å². The van der Waals surface area contributed by atoms with Crippen LogP contribution in [0.1, 0.15) is 27.7 Å². The second kappa shape index (κ2) is 4.22. The van der Waals surface area contributed by atoms with Crippen molar-refractivity contribution in [2.24, 2.45) is 0 Å². The Morgan fingerprint density at radius 1 is 0.667 bits per heavy atom. The molecule has 0 nitrogen and oxygen atoms in total. The van der Waals surface area contributed by atoms with Gasteiger partial charge in [0, 0.05) is 18.5 Å². The van der Waals surface area contributed by atoms with Gasteiger partial charge < -0.3 is 0 Å². The van der Waals surface area contributed by atoms with Crippen molar-refractivity contribution in [1.29, 1.82) is 0 Å². The van der Waals surface area contributed by atoms with Crippen molar-refractivity contribution < 1.29 is 0 Å². The van der Waals surface area contributed by atoms with E-state index in [2.05, 4.69) is 52.0 Å². The molecule has 0 atom stereocenters. The Kier molecular flexibility index (Phi) is 2.80. The molecule has 18 heavy (non-hydrogen) atoms. The van der Waals surface area contributed by atoms with Gasteiger partial charge in [0.1, 0.15) is 0 Å². The maximum absolute atomic E-state index is 2.34. The Hall–Kier alpha value is -1.12. The zero-order valence-corrected chi connectivity index (χ0v) is 12.8. The highest BCUT2D eigenvalue weighted by atomic mass is 32.1. The predicted octanol–water partition coefficient (Wildman–Crippen LogP) is 4.50. The third kappa shape index (κ3) is 1.90. The van der Waals surface area contributed by atoms with Gasteiger partial charge in [-0.1, -0.05) is 11.1 Å². The van der Waals surface area contributed by atoms with Crippen molar-refractivity contribution in [1.82, 2.24) is 0 Å². The largest absolute Gasteiger partial charge is 0.136 e. The molecule has 0 saturated carbocycles. The van der Waals surface area contributed by atoms with Gasteiger partial charge in [-0.2, -0.15) is 0 Å². The first-order chi connectivity index (χ1) is 8.54. The Balaban J connectivity index is 2.42. The number of benzene rings is 1. The molecule has 0 saturated heterocycles. The molecule has 0 N–H and O–H groups in total. The average Bonchev–Trinajstić information content (AvgIpc) is 2.87. The first-order valence-corrected chi connectivity index (χ1v) is 7.76. The zero-order valence-electron chi connectivity index (χ0n) is 11.1. The normalized spacial score (nSPS) is 11.3. The van der Waals surface area contributed by atoms with Crippen LogP contribution in [0.2, 0.25) is 0 Å². The van der Waals surface area contributed by atoms with Crippen molar-refractivity contribution in [2.75, 3.05) is 0 Å². The minimum absolute atomic E-state index is 1.38. The Labute approximate surface area is 115 Å². The lowest BCUT2D eigenvalue weighted by molar-refractivity contribution is 1.59. The summed E-state index contributed by atoms with van der Waals surface area (Å²) < 4.78 is 5.61. The number of hydrogen-bond acceptors (Lipinski definition) is 2. The third-order valence-corrected chi connectivity index (χ3v) is 5.78. The number of hydrogen-bond donors (Lipinski definition) is 0. The topological polar surface area (TPSA) is 0 Å². The minimum Gasteiger partial charge on any atom is -0.136 e. The summed E-state index contributed by atoms with van der Waals surface area (Å²) in [5.41, 5.74) is 2.80. The molecule has 0 aliphatic carbocycles. The molecule has 0 aliphatic heterocycles. The second-order valence-corrected chi connectivity index (χ2v) is 7.32. The highest BCUT2D eigenvalue weighted by Gasteiger charge is 2.03. The van der Waals surface area contributed by atoms with Gasteiger partial charge in [-0.05, 0) is 62.7 Å².